The predicted molar refractivity (Wildman–Crippen MR) is 172 cm³/mol. The predicted octanol–water partition coefficient (Wildman–Crippen LogP) is 9.84. The molecule has 0 spiro atoms. The van der Waals surface area contributed by atoms with Crippen molar-refractivity contribution in [1.29, 1.82) is 5.26 Å². The topological polar surface area (TPSA) is 58.8 Å². The number of ether oxygens (including phenoxy) is 1. The van der Waals surface area contributed by atoms with Gasteiger partial charge in [0.05, 0.1) is 23.0 Å². The first-order valence-corrected chi connectivity index (χ1v) is 14.5. The van der Waals surface area contributed by atoms with Gasteiger partial charge in [-0.3, -0.25) is 0 Å². The average molecular weight is 556 g/mol. The van der Waals surface area contributed by atoms with Crippen LogP contribution < -0.4 is 4.74 Å². The van der Waals surface area contributed by atoms with Crippen LogP contribution in [0.4, 0.5) is 0 Å². The Morgan fingerprint density at radius 2 is 1.26 bits per heavy atom. The van der Waals surface area contributed by atoms with Gasteiger partial charge in [0.25, 0.3) is 0 Å². The Kier molecular flexibility index (Phi) is 6.57. The minimum atomic E-state index is -0.395. The molecule has 0 radical (unpaired) electrons. The molecule has 1 aliphatic heterocycles. The van der Waals surface area contributed by atoms with Crippen molar-refractivity contribution in [3.05, 3.63) is 144 Å². The minimum absolute atomic E-state index is 0.395. The maximum atomic E-state index is 9.95. The van der Waals surface area contributed by atoms with Gasteiger partial charge in [0.15, 0.2) is 5.82 Å². The molecular weight excluding hydrogens is 526 g/mol. The van der Waals surface area contributed by atoms with Crippen LogP contribution in [0.2, 0.25) is 0 Å². The Balaban J connectivity index is 1.39. The maximum absolute atomic E-state index is 9.95. The Labute approximate surface area is 251 Å². The van der Waals surface area contributed by atoms with Gasteiger partial charge in [0.2, 0.25) is 0 Å². The molecule has 1 aromatic heterocycles. The smallest absolute Gasteiger partial charge is 0.160 e. The first-order chi connectivity index (χ1) is 21.1. The number of fused-ring (bicyclic) bond motifs is 2. The molecular formula is C39H29N3O. The third-order valence-corrected chi connectivity index (χ3v) is 8.52. The lowest BCUT2D eigenvalue weighted by Gasteiger charge is -2.37. The minimum Gasteiger partial charge on any atom is -0.457 e. The van der Waals surface area contributed by atoms with Crippen molar-refractivity contribution in [2.24, 2.45) is 0 Å². The van der Waals surface area contributed by atoms with Crippen LogP contribution in [0.3, 0.4) is 0 Å². The zero-order chi connectivity index (χ0) is 29.4. The van der Waals surface area contributed by atoms with Crippen LogP contribution >= 0.6 is 0 Å². The van der Waals surface area contributed by atoms with Gasteiger partial charge in [-0.2, -0.15) is 5.26 Å². The van der Waals surface area contributed by atoms with E-state index in [1.54, 1.807) is 0 Å². The van der Waals surface area contributed by atoms with Gasteiger partial charge in [-0.05, 0) is 60.0 Å². The van der Waals surface area contributed by atoms with Crippen LogP contribution in [0.25, 0.3) is 45.0 Å². The molecule has 43 heavy (non-hydrogen) atoms. The molecule has 2 heterocycles. The van der Waals surface area contributed by atoms with Crippen molar-refractivity contribution in [2.45, 2.75) is 25.7 Å². The quantitative estimate of drug-likeness (QED) is 0.212. The number of rotatable bonds is 5. The molecule has 0 aliphatic carbocycles. The number of hydrogen-bond donors (Lipinski definition) is 0. The fraction of sp³-hybridized carbons (Fsp3) is 0.103. The normalized spacial score (nSPS) is 15.1. The Morgan fingerprint density at radius 3 is 1.95 bits per heavy atom. The fourth-order valence-electron chi connectivity index (χ4n) is 6.06. The first-order valence-electron chi connectivity index (χ1n) is 14.5. The Bertz CT molecular complexity index is 2010. The van der Waals surface area contributed by atoms with Crippen molar-refractivity contribution in [3.8, 4) is 62.6 Å². The van der Waals surface area contributed by atoms with Crippen molar-refractivity contribution >= 4 is 0 Å². The van der Waals surface area contributed by atoms with E-state index in [0.29, 0.717) is 11.4 Å². The third-order valence-electron chi connectivity index (χ3n) is 8.52. The molecule has 1 atom stereocenters. The van der Waals surface area contributed by atoms with E-state index in [2.05, 4.69) is 86.6 Å². The molecule has 6 aromatic rings. The second kappa shape index (κ2) is 10.7. The summed E-state index contributed by atoms with van der Waals surface area (Å²) in [5, 5.41) is 9.95. The van der Waals surface area contributed by atoms with Gasteiger partial charge in [-0.25, -0.2) is 9.97 Å². The molecule has 0 fully saturated rings. The third kappa shape index (κ3) is 4.66. The van der Waals surface area contributed by atoms with Gasteiger partial charge in [-0.1, -0.05) is 98.8 Å². The van der Waals surface area contributed by atoms with E-state index in [4.69, 9.17) is 14.7 Å². The standard InChI is InChI=1S/C39H29N3O/c1-3-39(2)32-23-30(20-21-35(32)43-36-19-11-18-31(25-40)37(36)39)34-24-33(41-38(42-34)27-14-8-5-9-15-27)29-17-10-16-28(22-29)26-12-6-4-7-13-26/h4-24H,3H2,1-2H3. The lowest BCUT2D eigenvalue weighted by Crippen LogP contribution is -2.28. The molecule has 0 saturated heterocycles. The number of benzene rings is 5. The summed E-state index contributed by atoms with van der Waals surface area (Å²) in [5.41, 5.74) is 9.17. The monoisotopic (exact) mass is 555 g/mol. The Morgan fingerprint density at radius 1 is 0.628 bits per heavy atom. The molecule has 206 valence electrons. The van der Waals surface area contributed by atoms with Crippen molar-refractivity contribution in [3.63, 3.8) is 0 Å². The van der Waals surface area contributed by atoms with E-state index in [1.807, 2.05) is 60.7 Å². The van der Waals surface area contributed by atoms with E-state index < -0.39 is 5.41 Å². The summed E-state index contributed by atoms with van der Waals surface area (Å²) in [5.74, 6) is 2.23. The summed E-state index contributed by atoms with van der Waals surface area (Å²) in [6, 6.07) is 45.4. The van der Waals surface area contributed by atoms with E-state index in [1.165, 1.54) is 0 Å². The van der Waals surface area contributed by atoms with Crippen molar-refractivity contribution < 1.29 is 4.74 Å². The van der Waals surface area contributed by atoms with E-state index >= 15 is 0 Å². The summed E-state index contributed by atoms with van der Waals surface area (Å²) in [4.78, 5) is 10.1. The number of hydrogen-bond acceptors (Lipinski definition) is 4. The largest absolute Gasteiger partial charge is 0.457 e. The van der Waals surface area contributed by atoms with Crippen molar-refractivity contribution in [1.82, 2.24) is 9.97 Å². The van der Waals surface area contributed by atoms with Crippen LogP contribution in [0, 0.1) is 11.3 Å². The highest BCUT2D eigenvalue weighted by Crippen LogP contribution is 2.51. The summed E-state index contributed by atoms with van der Waals surface area (Å²) < 4.78 is 6.37. The SMILES string of the molecule is CCC1(C)c2cc(-c3cc(-c4cccc(-c5ccccc5)c4)nc(-c4ccccc4)n3)ccc2Oc2cccc(C#N)c21. The maximum Gasteiger partial charge on any atom is 0.160 e. The number of nitrogens with zero attached hydrogens (tertiary/aromatic N) is 3. The lowest BCUT2D eigenvalue weighted by atomic mass is 9.70. The second-order valence-electron chi connectivity index (χ2n) is 11.1. The van der Waals surface area contributed by atoms with Gasteiger partial charge in [-0.15, -0.1) is 0 Å². The molecule has 0 bridgehead atoms. The van der Waals surface area contributed by atoms with Gasteiger partial charge in [0.1, 0.15) is 11.5 Å². The van der Waals surface area contributed by atoms with Crippen molar-refractivity contribution in [2.75, 3.05) is 0 Å². The van der Waals surface area contributed by atoms with Crippen LogP contribution in [0.1, 0.15) is 37.0 Å². The zero-order valence-corrected chi connectivity index (χ0v) is 24.1. The van der Waals surface area contributed by atoms with Gasteiger partial charge < -0.3 is 4.74 Å². The average Bonchev–Trinajstić information content (AvgIpc) is 3.08. The molecule has 1 unspecified atom stereocenters. The Hall–Kier alpha value is -5.53. The lowest BCUT2D eigenvalue weighted by molar-refractivity contribution is 0.399. The molecule has 4 nitrogen and oxygen atoms in total. The second-order valence-corrected chi connectivity index (χ2v) is 11.1. The van der Waals surface area contributed by atoms with Gasteiger partial charge >= 0.3 is 0 Å². The summed E-state index contributed by atoms with van der Waals surface area (Å²) in [6.45, 7) is 4.36. The zero-order valence-electron chi connectivity index (χ0n) is 24.1. The molecule has 4 heteroatoms. The molecule has 7 rings (SSSR count). The summed E-state index contributed by atoms with van der Waals surface area (Å²) >= 11 is 0. The van der Waals surface area contributed by atoms with Crippen LogP contribution in [0.5, 0.6) is 11.5 Å². The van der Waals surface area contributed by atoms with E-state index in [-0.39, 0.29) is 0 Å². The van der Waals surface area contributed by atoms with Gasteiger partial charge in [0, 0.05) is 33.2 Å². The summed E-state index contributed by atoms with van der Waals surface area (Å²) in [7, 11) is 0. The molecule has 0 saturated carbocycles. The van der Waals surface area contributed by atoms with Crippen LogP contribution in [-0.4, -0.2) is 9.97 Å². The van der Waals surface area contributed by atoms with E-state index in [9.17, 15) is 5.26 Å². The molecule has 0 amide bonds. The highest BCUT2D eigenvalue weighted by Gasteiger charge is 2.39. The molecule has 0 N–H and O–H groups in total. The summed E-state index contributed by atoms with van der Waals surface area (Å²) in [6.07, 6.45) is 0.815. The number of aromatic nitrogens is 2. The highest BCUT2D eigenvalue weighted by molar-refractivity contribution is 5.77. The number of nitriles is 1. The molecule has 5 aromatic carbocycles. The van der Waals surface area contributed by atoms with Crippen LogP contribution in [-0.2, 0) is 5.41 Å². The van der Waals surface area contributed by atoms with Crippen LogP contribution in [0.15, 0.2) is 127 Å². The van der Waals surface area contributed by atoms with E-state index in [0.717, 1.165) is 68.3 Å². The molecule has 1 aliphatic rings. The first kappa shape index (κ1) is 26.4. The highest BCUT2D eigenvalue weighted by atomic mass is 16.5. The fourth-order valence-corrected chi connectivity index (χ4v) is 6.06.